The molecule has 2 aromatic carbocycles. The number of nitrogens with zero attached hydrogens (tertiary/aromatic N) is 3. The van der Waals surface area contributed by atoms with Gasteiger partial charge >= 0.3 is 5.97 Å². The van der Waals surface area contributed by atoms with E-state index in [1.54, 1.807) is 63.2 Å². The fraction of sp³-hybridized carbons (Fsp3) is 0.167. The van der Waals surface area contributed by atoms with Crippen LogP contribution in [0, 0.1) is 6.92 Å². The van der Waals surface area contributed by atoms with Crippen molar-refractivity contribution in [3.05, 3.63) is 87.3 Å². The number of hydrogen-bond acceptors (Lipinski definition) is 5. The first-order valence-corrected chi connectivity index (χ1v) is 10.2. The molecule has 0 aliphatic carbocycles. The molecule has 1 amide bonds. The molecular formula is C24H22N4O4. The maximum absolute atomic E-state index is 13.1. The molecule has 0 atom stereocenters. The summed E-state index contributed by atoms with van der Waals surface area (Å²) in [6, 6.07) is 15.6. The summed E-state index contributed by atoms with van der Waals surface area (Å²) in [5, 5.41) is 8.71. The Morgan fingerprint density at radius 1 is 1.03 bits per heavy atom. The van der Waals surface area contributed by atoms with Crippen LogP contribution in [0.15, 0.2) is 70.1 Å². The van der Waals surface area contributed by atoms with E-state index in [0.29, 0.717) is 39.5 Å². The minimum absolute atomic E-state index is 0.289. The van der Waals surface area contributed by atoms with Gasteiger partial charge in [-0.15, -0.1) is 0 Å². The number of esters is 1. The number of aromatic nitrogens is 2. The maximum atomic E-state index is 13.1. The molecular weight excluding hydrogens is 408 g/mol. The van der Waals surface area contributed by atoms with Crippen molar-refractivity contribution in [1.29, 1.82) is 0 Å². The standard InChI is InChI=1S/C24H22N4O4/c1-4-32-24(31)17-10-12-19(13-11-17)28-23(30)21(16(3)26-28)14-20-15(2)25-27(22(20)29)18-8-6-5-7-9-18/h5-14,26H,4H2,1-3H3/b20-14+. The molecule has 32 heavy (non-hydrogen) atoms. The van der Waals surface area contributed by atoms with Gasteiger partial charge in [0.2, 0.25) is 0 Å². The van der Waals surface area contributed by atoms with Crippen molar-refractivity contribution in [3.63, 3.8) is 0 Å². The number of carbonyl (C=O) groups excluding carboxylic acids is 2. The summed E-state index contributed by atoms with van der Waals surface area (Å²) in [6.45, 7) is 5.53. The predicted octanol–water partition coefficient (Wildman–Crippen LogP) is 3.46. The minimum Gasteiger partial charge on any atom is -0.462 e. The van der Waals surface area contributed by atoms with Gasteiger partial charge in [-0.05, 0) is 63.2 Å². The van der Waals surface area contributed by atoms with Crippen LogP contribution in [0.4, 0.5) is 5.69 Å². The van der Waals surface area contributed by atoms with Crippen molar-refractivity contribution in [2.75, 3.05) is 11.6 Å². The molecule has 8 heteroatoms. The Morgan fingerprint density at radius 2 is 1.72 bits per heavy atom. The highest BCUT2D eigenvalue weighted by Crippen LogP contribution is 2.24. The molecule has 0 radical (unpaired) electrons. The van der Waals surface area contributed by atoms with Gasteiger partial charge in [0, 0.05) is 5.69 Å². The van der Waals surface area contributed by atoms with Crippen LogP contribution in [0.25, 0.3) is 11.8 Å². The quantitative estimate of drug-likeness (QED) is 0.495. The van der Waals surface area contributed by atoms with Gasteiger partial charge < -0.3 is 4.74 Å². The molecule has 0 unspecified atom stereocenters. The Kier molecular flexibility index (Phi) is 5.59. The van der Waals surface area contributed by atoms with Crippen molar-refractivity contribution in [2.24, 2.45) is 5.10 Å². The average Bonchev–Trinajstić information content (AvgIpc) is 3.25. The number of H-pyrrole nitrogens is 1. The van der Waals surface area contributed by atoms with Crippen molar-refractivity contribution >= 4 is 29.4 Å². The second-order valence-corrected chi connectivity index (χ2v) is 7.25. The lowest BCUT2D eigenvalue weighted by molar-refractivity contribution is -0.114. The first-order chi connectivity index (χ1) is 15.4. The van der Waals surface area contributed by atoms with Gasteiger partial charge in [-0.2, -0.15) is 10.1 Å². The number of ether oxygens (including phenoxy) is 1. The molecule has 3 aromatic rings. The van der Waals surface area contributed by atoms with Crippen LogP contribution in [-0.2, 0) is 9.53 Å². The summed E-state index contributed by atoms with van der Waals surface area (Å²) in [5.74, 6) is -0.712. The normalized spacial score (nSPS) is 14.7. The lowest BCUT2D eigenvalue weighted by atomic mass is 10.1. The van der Waals surface area contributed by atoms with E-state index in [1.807, 2.05) is 18.2 Å². The predicted molar refractivity (Wildman–Crippen MR) is 122 cm³/mol. The third-order valence-corrected chi connectivity index (χ3v) is 5.11. The summed E-state index contributed by atoms with van der Waals surface area (Å²) < 4.78 is 6.36. The van der Waals surface area contributed by atoms with Gasteiger partial charge in [-0.3, -0.25) is 14.7 Å². The van der Waals surface area contributed by atoms with E-state index < -0.39 is 5.97 Å². The monoisotopic (exact) mass is 430 g/mol. The molecule has 0 saturated carbocycles. The Bertz CT molecular complexity index is 1300. The van der Waals surface area contributed by atoms with E-state index >= 15 is 0 Å². The molecule has 1 N–H and O–H groups in total. The fourth-order valence-corrected chi connectivity index (χ4v) is 3.45. The maximum Gasteiger partial charge on any atom is 0.338 e. The van der Waals surface area contributed by atoms with Gasteiger partial charge in [0.1, 0.15) is 0 Å². The van der Waals surface area contributed by atoms with Gasteiger partial charge in [0.25, 0.3) is 11.5 Å². The number of hydrogen-bond donors (Lipinski definition) is 1. The van der Waals surface area contributed by atoms with E-state index in [-0.39, 0.29) is 18.1 Å². The van der Waals surface area contributed by atoms with Crippen LogP contribution in [0.2, 0.25) is 0 Å². The first kappa shape index (κ1) is 21.0. The number of anilines is 1. The van der Waals surface area contributed by atoms with Crippen molar-refractivity contribution in [1.82, 2.24) is 9.78 Å². The van der Waals surface area contributed by atoms with Crippen LogP contribution < -0.4 is 10.6 Å². The number of benzene rings is 2. The number of aromatic amines is 1. The topological polar surface area (TPSA) is 96.8 Å². The number of amides is 1. The lowest BCUT2D eigenvalue weighted by Gasteiger charge is -2.10. The number of hydrazone groups is 1. The highest BCUT2D eigenvalue weighted by atomic mass is 16.5. The molecule has 0 bridgehead atoms. The number of rotatable bonds is 5. The van der Waals surface area contributed by atoms with Gasteiger partial charge in [-0.1, -0.05) is 18.2 Å². The van der Waals surface area contributed by atoms with Gasteiger partial charge in [-0.25, -0.2) is 9.48 Å². The summed E-state index contributed by atoms with van der Waals surface area (Å²) in [7, 11) is 0. The van der Waals surface area contributed by atoms with E-state index in [0.717, 1.165) is 0 Å². The molecule has 162 valence electrons. The summed E-state index contributed by atoms with van der Waals surface area (Å²) in [4.78, 5) is 37.9. The minimum atomic E-state index is -0.419. The number of carbonyl (C=O) groups is 2. The molecule has 2 heterocycles. The molecule has 8 nitrogen and oxygen atoms in total. The van der Waals surface area contributed by atoms with Crippen LogP contribution in [-0.4, -0.2) is 34.0 Å². The molecule has 4 rings (SSSR count). The zero-order valence-corrected chi connectivity index (χ0v) is 18.0. The fourth-order valence-electron chi connectivity index (χ4n) is 3.45. The Balaban J connectivity index is 1.66. The second-order valence-electron chi connectivity index (χ2n) is 7.25. The van der Waals surface area contributed by atoms with Crippen molar-refractivity contribution < 1.29 is 14.3 Å². The van der Waals surface area contributed by atoms with E-state index in [9.17, 15) is 14.4 Å². The third kappa shape index (κ3) is 3.78. The highest BCUT2D eigenvalue weighted by Gasteiger charge is 2.29. The Labute approximate surface area is 184 Å². The van der Waals surface area contributed by atoms with E-state index in [4.69, 9.17) is 4.74 Å². The van der Waals surface area contributed by atoms with E-state index in [2.05, 4.69) is 10.2 Å². The molecule has 1 aliphatic rings. The SMILES string of the molecule is CCOC(=O)c1ccc(-n2[nH]c(C)c(/C=C3/C(=O)N(c4ccccc4)N=C3C)c2=O)cc1. The average molecular weight is 430 g/mol. The second kappa shape index (κ2) is 8.50. The molecule has 0 saturated heterocycles. The van der Waals surface area contributed by atoms with Crippen LogP contribution >= 0.6 is 0 Å². The van der Waals surface area contributed by atoms with Crippen LogP contribution in [0.3, 0.4) is 0 Å². The largest absolute Gasteiger partial charge is 0.462 e. The van der Waals surface area contributed by atoms with Crippen molar-refractivity contribution in [3.8, 4) is 5.69 Å². The first-order valence-electron chi connectivity index (χ1n) is 10.2. The zero-order valence-electron chi connectivity index (χ0n) is 18.0. The third-order valence-electron chi connectivity index (χ3n) is 5.11. The number of aryl methyl sites for hydroxylation is 1. The molecule has 0 spiro atoms. The smallest absolute Gasteiger partial charge is 0.338 e. The zero-order chi connectivity index (χ0) is 22.8. The Morgan fingerprint density at radius 3 is 2.38 bits per heavy atom. The van der Waals surface area contributed by atoms with Crippen LogP contribution in [0.5, 0.6) is 0 Å². The van der Waals surface area contributed by atoms with Crippen LogP contribution in [0.1, 0.15) is 35.5 Å². The molecule has 1 aromatic heterocycles. The Hall–Kier alpha value is -4.20. The van der Waals surface area contributed by atoms with E-state index in [1.165, 1.54) is 9.69 Å². The molecule has 1 aliphatic heterocycles. The van der Waals surface area contributed by atoms with Gasteiger partial charge in [0.15, 0.2) is 0 Å². The molecule has 0 fully saturated rings. The summed E-state index contributed by atoms with van der Waals surface area (Å²) in [5.41, 5.74) is 3.18. The number of para-hydroxylation sites is 1. The van der Waals surface area contributed by atoms with Gasteiger partial charge in [0.05, 0.1) is 40.4 Å². The number of nitrogens with one attached hydrogen (secondary N) is 1. The highest BCUT2D eigenvalue weighted by molar-refractivity contribution is 6.32. The summed E-state index contributed by atoms with van der Waals surface area (Å²) in [6.07, 6.45) is 1.57. The lowest BCUT2D eigenvalue weighted by Crippen LogP contribution is -2.21. The summed E-state index contributed by atoms with van der Waals surface area (Å²) >= 11 is 0. The van der Waals surface area contributed by atoms with Crippen molar-refractivity contribution in [2.45, 2.75) is 20.8 Å².